The Morgan fingerprint density at radius 1 is 1.20 bits per heavy atom. The van der Waals surface area contributed by atoms with E-state index in [0.29, 0.717) is 11.3 Å². The van der Waals surface area contributed by atoms with E-state index in [1.807, 2.05) is 0 Å². The molecule has 0 aliphatic rings. The Hall–Kier alpha value is -1.49. The molecule has 0 unspecified atom stereocenters. The van der Waals surface area contributed by atoms with Gasteiger partial charge in [0.15, 0.2) is 0 Å². The van der Waals surface area contributed by atoms with Gasteiger partial charge in [0.2, 0.25) is 5.95 Å². The molecule has 1 heterocycles. The van der Waals surface area contributed by atoms with Crippen molar-refractivity contribution in [1.29, 1.82) is 0 Å². The first-order valence-corrected chi connectivity index (χ1v) is 7.59. The molecule has 2 rings (SSSR count). The van der Waals surface area contributed by atoms with Crippen LogP contribution in [0, 0.1) is 5.82 Å². The lowest BCUT2D eigenvalue weighted by Crippen LogP contribution is -2.08. The van der Waals surface area contributed by atoms with Crippen LogP contribution in [0.3, 0.4) is 0 Å². The van der Waals surface area contributed by atoms with Crippen molar-refractivity contribution in [3.63, 3.8) is 0 Å². The van der Waals surface area contributed by atoms with Crippen molar-refractivity contribution in [2.45, 2.75) is 25.1 Å². The average Bonchev–Trinajstić information content (AvgIpc) is 2.46. The summed E-state index contributed by atoms with van der Waals surface area (Å²) in [6.45, 7) is 4.20. The lowest BCUT2D eigenvalue weighted by Gasteiger charge is -2.16. The van der Waals surface area contributed by atoms with Gasteiger partial charge in [0.25, 0.3) is 0 Å². The number of alkyl halides is 1. The number of anilines is 1. The van der Waals surface area contributed by atoms with E-state index >= 15 is 0 Å². The SMILES string of the molecule is CNc1nc(-c2ccc(F)cc2)c(CBr)c(C(C)C)n1. The Balaban J connectivity index is 2.66. The standard InChI is InChI=1S/C15H17BrFN3/c1-9(2)13-12(8-16)14(20-15(18-3)19-13)10-4-6-11(17)7-5-10/h4-7,9H,8H2,1-3H3,(H,18,19,20). The van der Waals surface area contributed by atoms with E-state index < -0.39 is 0 Å². The molecule has 0 spiro atoms. The zero-order chi connectivity index (χ0) is 14.7. The second-order valence-electron chi connectivity index (χ2n) is 4.80. The van der Waals surface area contributed by atoms with Gasteiger partial charge in [-0.15, -0.1) is 0 Å². The number of hydrogen-bond donors (Lipinski definition) is 1. The van der Waals surface area contributed by atoms with Gasteiger partial charge < -0.3 is 5.32 Å². The molecular weight excluding hydrogens is 321 g/mol. The van der Waals surface area contributed by atoms with Crippen molar-refractivity contribution >= 4 is 21.9 Å². The van der Waals surface area contributed by atoms with E-state index in [2.05, 4.69) is 45.1 Å². The summed E-state index contributed by atoms with van der Waals surface area (Å²) in [4.78, 5) is 9.07. The van der Waals surface area contributed by atoms with Crippen molar-refractivity contribution in [3.05, 3.63) is 41.3 Å². The Kier molecular flexibility index (Phi) is 4.70. The van der Waals surface area contributed by atoms with Crippen LogP contribution < -0.4 is 5.32 Å². The molecule has 1 aromatic heterocycles. The second-order valence-corrected chi connectivity index (χ2v) is 5.37. The molecule has 0 atom stereocenters. The molecule has 5 heteroatoms. The minimum atomic E-state index is -0.249. The van der Waals surface area contributed by atoms with Gasteiger partial charge in [-0.25, -0.2) is 14.4 Å². The van der Waals surface area contributed by atoms with Gasteiger partial charge in [-0.3, -0.25) is 0 Å². The molecule has 0 saturated carbocycles. The van der Waals surface area contributed by atoms with Crippen LogP contribution in [-0.4, -0.2) is 17.0 Å². The topological polar surface area (TPSA) is 37.8 Å². The molecule has 1 N–H and O–H groups in total. The van der Waals surface area contributed by atoms with Crippen LogP contribution in [0.15, 0.2) is 24.3 Å². The van der Waals surface area contributed by atoms with Crippen LogP contribution in [0.2, 0.25) is 0 Å². The largest absolute Gasteiger partial charge is 0.357 e. The second kappa shape index (κ2) is 6.31. The minimum Gasteiger partial charge on any atom is -0.357 e. The summed E-state index contributed by atoms with van der Waals surface area (Å²) in [6, 6.07) is 6.38. The van der Waals surface area contributed by atoms with E-state index in [1.165, 1.54) is 12.1 Å². The first kappa shape index (κ1) is 14.9. The van der Waals surface area contributed by atoms with Crippen molar-refractivity contribution in [3.8, 4) is 11.3 Å². The first-order chi connectivity index (χ1) is 9.56. The van der Waals surface area contributed by atoms with Crippen LogP contribution in [0.1, 0.15) is 31.0 Å². The van der Waals surface area contributed by atoms with E-state index in [9.17, 15) is 4.39 Å². The summed E-state index contributed by atoms with van der Waals surface area (Å²) in [5.41, 5.74) is 3.78. The van der Waals surface area contributed by atoms with Gasteiger partial charge in [-0.2, -0.15) is 0 Å². The average molecular weight is 338 g/mol. The normalized spacial score (nSPS) is 10.9. The molecule has 0 aliphatic heterocycles. The number of hydrogen-bond acceptors (Lipinski definition) is 3. The molecule has 0 fully saturated rings. The summed E-state index contributed by atoms with van der Waals surface area (Å²) in [7, 11) is 1.79. The van der Waals surface area contributed by atoms with Crippen LogP contribution in [0.25, 0.3) is 11.3 Å². The Labute approximate surface area is 126 Å². The molecule has 3 nitrogen and oxygen atoms in total. The van der Waals surface area contributed by atoms with Crippen LogP contribution >= 0.6 is 15.9 Å². The number of rotatable bonds is 4. The fourth-order valence-corrected chi connectivity index (χ4v) is 2.62. The number of nitrogens with zero attached hydrogens (tertiary/aromatic N) is 2. The van der Waals surface area contributed by atoms with E-state index in [1.54, 1.807) is 19.2 Å². The van der Waals surface area contributed by atoms with E-state index in [0.717, 1.165) is 22.5 Å². The van der Waals surface area contributed by atoms with E-state index in [-0.39, 0.29) is 11.7 Å². The van der Waals surface area contributed by atoms with Gasteiger partial charge in [-0.1, -0.05) is 29.8 Å². The zero-order valence-corrected chi connectivity index (χ0v) is 13.3. The van der Waals surface area contributed by atoms with Gasteiger partial charge in [-0.05, 0) is 30.2 Å². The maximum absolute atomic E-state index is 13.1. The van der Waals surface area contributed by atoms with Crippen molar-refractivity contribution in [2.24, 2.45) is 0 Å². The smallest absolute Gasteiger partial charge is 0.223 e. The third-order valence-corrected chi connectivity index (χ3v) is 3.62. The molecule has 106 valence electrons. The van der Waals surface area contributed by atoms with Crippen LogP contribution in [0.5, 0.6) is 0 Å². The molecule has 0 saturated heterocycles. The van der Waals surface area contributed by atoms with E-state index in [4.69, 9.17) is 0 Å². The summed E-state index contributed by atoms with van der Waals surface area (Å²) >= 11 is 3.51. The third kappa shape index (κ3) is 2.98. The molecule has 2 aromatic rings. The molecular formula is C15H17BrFN3. The number of aromatic nitrogens is 2. The monoisotopic (exact) mass is 337 g/mol. The highest BCUT2D eigenvalue weighted by molar-refractivity contribution is 9.08. The van der Waals surface area contributed by atoms with Crippen molar-refractivity contribution in [2.75, 3.05) is 12.4 Å². The summed E-state index contributed by atoms with van der Waals surface area (Å²) in [5, 5.41) is 3.65. The Morgan fingerprint density at radius 3 is 2.35 bits per heavy atom. The highest BCUT2D eigenvalue weighted by Crippen LogP contribution is 2.30. The lowest BCUT2D eigenvalue weighted by atomic mass is 10.00. The van der Waals surface area contributed by atoms with Gasteiger partial charge in [0.05, 0.1) is 11.4 Å². The summed E-state index contributed by atoms with van der Waals surface area (Å²) in [6.07, 6.45) is 0. The predicted octanol–water partition coefficient (Wildman–Crippen LogP) is 4.34. The summed E-state index contributed by atoms with van der Waals surface area (Å²) < 4.78 is 13.1. The molecule has 0 amide bonds. The fourth-order valence-electron chi connectivity index (χ4n) is 2.07. The maximum Gasteiger partial charge on any atom is 0.223 e. The summed E-state index contributed by atoms with van der Waals surface area (Å²) in [5.74, 6) is 0.621. The van der Waals surface area contributed by atoms with Crippen LogP contribution in [-0.2, 0) is 5.33 Å². The third-order valence-electron chi connectivity index (χ3n) is 3.06. The van der Waals surface area contributed by atoms with Crippen molar-refractivity contribution < 1.29 is 4.39 Å². The van der Waals surface area contributed by atoms with Gasteiger partial charge >= 0.3 is 0 Å². The number of benzene rings is 1. The molecule has 1 aromatic carbocycles. The molecule has 0 aliphatic carbocycles. The first-order valence-electron chi connectivity index (χ1n) is 6.47. The predicted molar refractivity (Wildman–Crippen MR) is 83.7 cm³/mol. The lowest BCUT2D eigenvalue weighted by molar-refractivity contribution is 0.628. The van der Waals surface area contributed by atoms with Gasteiger partial charge in [0.1, 0.15) is 5.82 Å². The fraction of sp³-hybridized carbons (Fsp3) is 0.333. The Morgan fingerprint density at radius 2 is 1.85 bits per heavy atom. The minimum absolute atomic E-state index is 0.249. The van der Waals surface area contributed by atoms with Crippen molar-refractivity contribution in [1.82, 2.24) is 9.97 Å². The highest BCUT2D eigenvalue weighted by atomic mass is 79.9. The van der Waals surface area contributed by atoms with Gasteiger partial charge in [0, 0.05) is 23.5 Å². The Bertz CT molecular complexity index is 597. The molecule has 0 bridgehead atoms. The highest BCUT2D eigenvalue weighted by Gasteiger charge is 2.17. The van der Waals surface area contributed by atoms with Crippen LogP contribution in [0.4, 0.5) is 10.3 Å². The maximum atomic E-state index is 13.1. The quantitative estimate of drug-likeness (QED) is 0.843. The zero-order valence-electron chi connectivity index (χ0n) is 11.7. The number of halogens is 2. The molecule has 0 radical (unpaired) electrons. The number of nitrogens with one attached hydrogen (secondary N) is 1. The molecule has 20 heavy (non-hydrogen) atoms.